The SMILES string of the molecule is COc1cc(F)c(CCN2CCN(CCCc3ccccc3)CC2)cc1OC.Cl.Cl. The van der Waals surface area contributed by atoms with Gasteiger partial charge in [0.05, 0.1) is 14.2 Å². The number of nitrogens with zero attached hydrogens (tertiary/aromatic N) is 2. The molecule has 0 spiro atoms. The second-order valence-corrected chi connectivity index (χ2v) is 7.32. The molecule has 0 atom stereocenters. The quantitative estimate of drug-likeness (QED) is 0.552. The van der Waals surface area contributed by atoms with E-state index >= 15 is 0 Å². The first-order chi connectivity index (χ1) is 13.7. The third kappa shape index (κ3) is 7.62. The van der Waals surface area contributed by atoms with Crippen molar-refractivity contribution >= 4 is 24.8 Å². The third-order valence-corrected chi connectivity index (χ3v) is 5.50. The van der Waals surface area contributed by atoms with Crippen molar-refractivity contribution in [3.05, 3.63) is 59.4 Å². The van der Waals surface area contributed by atoms with Crippen molar-refractivity contribution in [2.75, 3.05) is 53.5 Å². The number of ether oxygens (including phenoxy) is 2. The fourth-order valence-corrected chi connectivity index (χ4v) is 3.75. The molecule has 0 aliphatic carbocycles. The van der Waals surface area contributed by atoms with Crippen LogP contribution in [0.25, 0.3) is 0 Å². The van der Waals surface area contributed by atoms with Crippen molar-refractivity contribution in [3.63, 3.8) is 0 Å². The molecule has 0 saturated carbocycles. The highest BCUT2D eigenvalue weighted by atomic mass is 35.5. The van der Waals surface area contributed by atoms with Crippen molar-refractivity contribution in [1.29, 1.82) is 0 Å². The first-order valence-corrected chi connectivity index (χ1v) is 10.1. The van der Waals surface area contributed by atoms with Crippen LogP contribution >= 0.6 is 24.8 Å². The Kier molecular flexibility index (Phi) is 12.1. The van der Waals surface area contributed by atoms with Crippen molar-refractivity contribution < 1.29 is 13.9 Å². The molecule has 1 fully saturated rings. The van der Waals surface area contributed by atoms with E-state index in [0.29, 0.717) is 23.5 Å². The summed E-state index contributed by atoms with van der Waals surface area (Å²) >= 11 is 0. The number of piperazine rings is 1. The zero-order chi connectivity index (χ0) is 19.8. The average molecular weight is 459 g/mol. The Morgan fingerprint density at radius 1 is 0.800 bits per heavy atom. The fourth-order valence-electron chi connectivity index (χ4n) is 3.75. The van der Waals surface area contributed by atoms with Gasteiger partial charge in [-0.1, -0.05) is 30.3 Å². The first-order valence-electron chi connectivity index (χ1n) is 10.1. The Morgan fingerprint density at radius 3 is 1.97 bits per heavy atom. The molecule has 4 nitrogen and oxygen atoms in total. The molecule has 1 heterocycles. The van der Waals surface area contributed by atoms with Crippen molar-refractivity contribution in [2.24, 2.45) is 0 Å². The van der Waals surface area contributed by atoms with Crippen LogP contribution in [0.2, 0.25) is 0 Å². The maximum Gasteiger partial charge on any atom is 0.163 e. The number of benzene rings is 2. The number of rotatable bonds is 9. The summed E-state index contributed by atoms with van der Waals surface area (Å²) in [5.41, 5.74) is 2.10. The van der Waals surface area contributed by atoms with Crippen LogP contribution in [0.1, 0.15) is 17.5 Å². The normalized spacial score (nSPS) is 14.5. The molecular weight excluding hydrogens is 426 g/mol. The highest BCUT2D eigenvalue weighted by Gasteiger charge is 2.17. The molecule has 1 aliphatic rings. The number of hydrogen-bond donors (Lipinski definition) is 0. The molecule has 7 heteroatoms. The highest BCUT2D eigenvalue weighted by Crippen LogP contribution is 2.30. The third-order valence-electron chi connectivity index (χ3n) is 5.50. The molecule has 3 rings (SSSR count). The molecule has 1 aliphatic heterocycles. The van der Waals surface area contributed by atoms with E-state index in [1.54, 1.807) is 13.2 Å². The lowest BCUT2D eigenvalue weighted by molar-refractivity contribution is 0.132. The van der Waals surface area contributed by atoms with Gasteiger partial charge in [-0.3, -0.25) is 0 Å². The summed E-state index contributed by atoms with van der Waals surface area (Å²) in [5, 5.41) is 0. The molecule has 0 N–H and O–H groups in total. The molecule has 2 aromatic carbocycles. The van der Waals surface area contributed by atoms with Crippen LogP contribution in [0.4, 0.5) is 4.39 Å². The predicted octanol–water partition coefficient (Wildman–Crippen LogP) is 4.48. The molecule has 2 aromatic rings. The van der Waals surface area contributed by atoms with Crippen LogP contribution in [0.5, 0.6) is 11.5 Å². The zero-order valence-electron chi connectivity index (χ0n) is 17.8. The molecule has 30 heavy (non-hydrogen) atoms. The van der Waals surface area contributed by atoms with E-state index in [4.69, 9.17) is 9.47 Å². The first kappa shape index (κ1) is 26.5. The van der Waals surface area contributed by atoms with E-state index in [9.17, 15) is 4.39 Å². The molecule has 0 amide bonds. The lowest BCUT2D eigenvalue weighted by atomic mass is 10.1. The van der Waals surface area contributed by atoms with Crippen molar-refractivity contribution in [2.45, 2.75) is 19.3 Å². The minimum atomic E-state index is -0.225. The minimum absolute atomic E-state index is 0. The molecule has 1 saturated heterocycles. The van der Waals surface area contributed by atoms with Crippen LogP contribution < -0.4 is 9.47 Å². The maximum atomic E-state index is 14.3. The average Bonchev–Trinajstić information content (AvgIpc) is 2.74. The van der Waals surface area contributed by atoms with Gasteiger partial charge < -0.3 is 19.3 Å². The van der Waals surface area contributed by atoms with E-state index in [0.717, 1.165) is 45.7 Å². The molecule has 0 bridgehead atoms. The molecule has 0 unspecified atom stereocenters. The van der Waals surface area contributed by atoms with E-state index in [1.165, 1.54) is 25.2 Å². The summed E-state index contributed by atoms with van der Waals surface area (Å²) in [5.74, 6) is 0.798. The van der Waals surface area contributed by atoms with Crippen LogP contribution in [-0.2, 0) is 12.8 Å². The van der Waals surface area contributed by atoms with Gasteiger partial charge in [0.15, 0.2) is 11.5 Å². The molecule has 168 valence electrons. The number of hydrogen-bond acceptors (Lipinski definition) is 4. The van der Waals surface area contributed by atoms with Gasteiger partial charge in [-0.2, -0.15) is 0 Å². The van der Waals surface area contributed by atoms with E-state index < -0.39 is 0 Å². The Balaban J connectivity index is 0.00000225. The standard InChI is InChI=1S/C23H31FN2O2.2ClH/c1-27-22-17-20(21(24)18-23(22)28-2)10-12-26-15-13-25(14-16-26)11-6-9-19-7-4-3-5-8-19;;/h3-5,7-8,17-18H,6,9-16H2,1-2H3;2*1H. The summed E-state index contributed by atoms with van der Waals surface area (Å²) in [4.78, 5) is 4.96. The Labute approximate surface area is 192 Å². The zero-order valence-corrected chi connectivity index (χ0v) is 19.4. The predicted molar refractivity (Wildman–Crippen MR) is 125 cm³/mol. The second kappa shape index (κ2) is 13.7. The Bertz CT molecular complexity index is 741. The van der Waals surface area contributed by atoms with Gasteiger partial charge in [-0.15, -0.1) is 24.8 Å². The number of aryl methyl sites for hydroxylation is 1. The van der Waals surface area contributed by atoms with Gasteiger partial charge in [0.1, 0.15) is 5.82 Å². The fraction of sp³-hybridized carbons (Fsp3) is 0.478. The minimum Gasteiger partial charge on any atom is -0.493 e. The van der Waals surface area contributed by atoms with Gasteiger partial charge >= 0.3 is 0 Å². The van der Waals surface area contributed by atoms with Gasteiger partial charge in [-0.05, 0) is 43.0 Å². The number of halogens is 3. The lowest BCUT2D eigenvalue weighted by Crippen LogP contribution is -2.47. The molecule has 0 radical (unpaired) electrons. The summed E-state index contributed by atoms with van der Waals surface area (Å²) < 4.78 is 24.7. The summed E-state index contributed by atoms with van der Waals surface area (Å²) in [7, 11) is 3.10. The van der Waals surface area contributed by atoms with Crippen LogP contribution in [-0.4, -0.2) is 63.3 Å². The summed E-state index contributed by atoms with van der Waals surface area (Å²) in [6.45, 7) is 6.27. The molecule has 0 aromatic heterocycles. The monoisotopic (exact) mass is 458 g/mol. The molecular formula is C23H33Cl2FN2O2. The Hall–Kier alpha value is -1.53. The van der Waals surface area contributed by atoms with Crippen molar-refractivity contribution in [3.8, 4) is 11.5 Å². The van der Waals surface area contributed by atoms with Crippen LogP contribution in [0.15, 0.2) is 42.5 Å². The van der Waals surface area contributed by atoms with E-state index in [2.05, 4.69) is 40.1 Å². The topological polar surface area (TPSA) is 24.9 Å². The van der Waals surface area contributed by atoms with Crippen LogP contribution in [0, 0.1) is 5.82 Å². The Morgan fingerprint density at radius 2 is 1.37 bits per heavy atom. The maximum absolute atomic E-state index is 14.3. The van der Waals surface area contributed by atoms with E-state index in [-0.39, 0.29) is 30.6 Å². The van der Waals surface area contributed by atoms with Gasteiger partial charge in [-0.25, -0.2) is 4.39 Å². The highest BCUT2D eigenvalue weighted by molar-refractivity contribution is 5.85. The van der Waals surface area contributed by atoms with Crippen molar-refractivity contribution in [1.82, 2.24) is 9.80 Å². The second-order valence-electron chi connectivity index (χ2n) is 7.32. The lowest BCUT2D eigenvalue weighted by Gasteiger charge is -2.34. The summed E-state index contributed by atoms with van der Waals surface area (Å²) in [6.07, 6.45) is 3.01. The largest absolute Gasteiger partial charge is 0.493 e. The van der Waals surface area contributed by atoms with Crippen LogP contribution in [0.3, 0.4) is 0 Å². The summed E-state index contributed by atoms with van der Waals surface area (Å²) in [6, 6.07) is 13.9. The smallest absolute Gasteiger partial charge is 0.163 e. The number of methoxy groups -OCH3 is 2. The van der Waals surface area contributed by atoms with Gasteiger partial charge in [0.25, 0.3) is 0 Å². The van der Waals surface area contributed by atoms with E-state index in [1.807, 2.05) is 0 Å². The van der Waals surface area contributed by atoms with Gasteiger partial charge in [0, 0.05) is 38.8 Å². The van der Waals surface area contributed by atoms with Gasteiger partial charge in [0.2, 0.25) is 0 Å².